The van der Waals surface area contributed by atoms with Crippen LogP contribution in [0.25, 0.3) is 0 Å². The smallest absolute Gasteiger partial charge is 0.122 e. The number of ether oxygens (including phenoxy) is 2. The molecule has 0 spiro atoms. The molecular weight excluding hydrogens is 284 g/mol. The summed E-state index contributed by atoms with van der Waals surface area (Å²) in [6.45, 7) is 5.03. The lowest BCUT2D eigenvalue weighted by Gasteiger charge is -2.19. The van der Waals surface area contributed by atoms with Crippen LogP contribution >= 0.6 is 11.3 Å². The number of aryl methyl sites for hydroxylation is 1. The van der Waals surface area contributed by atoms with Gasteiger partial charge in [-0.3, -0.25) is 0 Å². The molecule has 0 aliphatic heterocycles. The molecule has 21 heavy (non-hydrogen) atoms. The van der Waals surface area contributed by atoms with Gasteiger partial charge >= 0.3 is 0 Å². The summed E-state index contributed by atoms with van der Waals surface area (Å²) in [6, 6.07) is 6.19. The third kappa shape index (κ3) is 4.19. The van der Waals surface area contributed by atoms with Crippen molar-refractivity contribution >= 4 is 11.3 Å². The second kappa shape index (κ2) is 7.43. The molecule has 0 aliphatic carbocycles. The van der Waals surface area contributed by atoms with E-state index in [0.717, 1.165) is 40.7 Å². The van der Waals surface area contributed by atoms with Crippen molar-refractivity contribution in [2.24, 2.45) is 0 Å². The van der Waals surface area contributed by atoms with Crippen molar-refractivity contribution in [3.63, 3.8) is 0 Å². The number of likely N-dealkylation sites (N-methyl/N-ethyl adjacent to an activating group) is 1. The van der Waals surface area contributed by atoms with Crippen molar-refractivity contribution in [1.82, 2.24) is 10.3 Å². The second-order valence-corrected chi connectivity index (χ2v) is 5.79. The van der Waals surface area contributed by atoms with Gasteiger partial charge in [0.1, 0.15) is 11.5 Å². The van der Waals surface area contributed by atoms with Crippen molar-refractivity contribution in [3.8, 4) is 11.5 Å². The maximum Gasteiger partial charge on any atom is 0.122 e. The van der Waals surface area contributed by atoms with Crippen LogP contribution in [0.5, 0.6) is 11.5 Å². The Labute approximate surface area is 130 Å². The van der Waals surface area contributed by atoms with Gasteiger partial charge in [-0.15, -0.1) is 11.3 Å². The van der Waals surface area contributed by atoms with Crippen molar-refractivity contribution in [3.05, 3.63) is 39.8 Å². The highest BCUT2D eigenvalue weighted by Gasteiger charge is 2.15. The van der Waals surface area contributed by atoms with E-state index in [2.05, 4.69) is 34.7 Å². The van der Waals surface area contributed by atoms with E-state index in [1.807, 2.05) is 13.0 Å². The standard InChI is InChI=1S/C16H22N2O2S/c1-5-17-15(9-16-18-11(2)10-21-16)12-6-13(19-3)8-14(7-12)20-4/h6-8,10,15,17H,5,9H2,1-4H3. The molecule has 5 heteroatoms. The maximum atomic E-state index is 5.36. The highest BCUT2D eigenvalue weighted by molar-refractivity contribution is 7.09. The molecule has 4 nitrogen and oxygen atoms in total. The number of nitrogens with zero attached hydrogens (tertiary/aromatic N) is 1. The molecule has 0 bridgehead atoms. The number of rotatable bonds is 7. The quantitative estimate of drug-likeness (QED) is 0.852. The molecule has 114 valence electrons. The predicted molar refractivity (Wildman–Crippen MR) is 86.5 cm³/mol. The lowest BCUT2D eigenvalue weighted by Crippen LogP contribution is -2.23. The van der Waals surface area contributed by atoms with Crippen LogP contribution < -0.4 is 14.8 Å². The topological polar surface area (TPSA) is 43.4 Å². The van der Waals surface area contributed by atoms with Crippen LogP contribution in [-0.2, 0) is 6.42 Å². The van der Waals surface area contributed by atoms with Gasteiger partial charge in [-0.05, 0) is 31.2 Å². The molecular formula is C16H22N2O2S. The summed E-state index contributed by atoms with van der Waals surface area (Å²) in [6.07, 6.45) is 0.864. The van der Waals surface area contributed by atoms with E-state index in [9.17, 15) is 0 Å². The van der Waals surface area contributed by atoms with Crippen LogP contribution in [0.2, 0.25) is 0 Å². The minimum absolute atomic E-state index is 0.199. The van der Waals surface area contributed by atoms with Gasteiger partial charge in [0.2, 0.25) is 0 Å². The largest absolute Gasteiger partial charge is 0.497 e. The van der Waals surface area contributed by atoms with E-state index < -0.39 is 0 Å². The molecule has 0 fully saturated rings. The van der Waals surface area contributed by atoms with Gasteiger partial charge in [0.05, 0.1) is 19.2 Å². The van der Waals surface area contributed by atoms with Crippen LogP contribution in [0.4, 0.5) is 0 Å². The number of thiazole rings is 1. The number of hydrogen-bond acceptors (Lipinski definition) is 5. The monoisotopic (exact) mass is 306 g/mol. The number of hydrogen-bond donors (Lipinski definition) is 1. The van der Waals surface area contributed by atoms with E-state index in [1.54, 1.807) is 25.6 Å². The van der Waals surface area contributed by atoms with E-state index in [1.165, 1.54) is 0 Å². The molecule has 1 unspecified atom stereocenters. The minimum atomic E-state index is 0.199. The van der Waals surface area contributed by atoms with Crippen LogP contribution in [0, 0.1) is 6.92 Å². The fraction of sp³-hybridized carbons (Fsp3) is 0.438. The van der Waals surface area contributed by atoms with Crippen LogP contribution in [-0.4, -0.2) is 25.7 Å². The third-order valence-corrected chi connectivity index (χ3v) is 4.26. The summed E-state index contributed by atoms with van der Waals surface area (Å²) < 4.78 is 10.7. The fourth-order valence-electron chi connectivity index (χ4n) is 2.26. The molecule has 0 saturated heterocycles. The fourth-order valence-corrected chi connectivity index (χ4v) is 3.07. The van der Waals surface area contributed by atoms with Crippen LogP contribution in [0.3, 0.4) is 0 Å². The molecule has 0 radical (unpaired) electrons. The zero-order chi connectivity index (χ0) is 15.2. The normalized spacial score (nSPS) is 12.2. The number of aromatic nitrogens is 1. The van der Waals surface area contributed by atoms with E-state index >= 15 is 0 Å². The highest BCUT2D eigenvalue weighted by atomic mass is 32.1. The first-order chi connectivity index (χ1) is 10.2. The molecule has 2 rings (SSSR count). The number of nitrogens with one attached hydrogen (secondary N) is 1. The Morgan fingerprint density at radius 2 is 1.86 bits per heavy atom. The average Bonchev–Trinajstić information content (AvgIpc) is 2.91. The summed E-state index contributed by atoms with van der Waals surface area (Å²) >= 11 is 1.70. The average molecular weight is 306 g/mol. The Balaban J connectivity index is 2.28. The summed E-state index contributed by atoms with van der Waals surface area (Å²) in [5, 5.41) is 6.74. The van der Waals surface area contributed by atoms with Crippen LogP contribution in [0.15, 0.2) is 23.6 Å². The van der Waals surface area contributed by atoms with Gasteiger partial charge in [0.25, 0.3) is 0 Å². The van der Waals surface area contributed by atoms with Crippen molar-refractivity contribution in [2.75, 3.05) is 20.8 Å². The minimum Gasteiger partial charge on any atom is -0.497 e. The zero-order valence-electron chi connectivity index (χ0n) is 13.0. The SMILES string of the molecule is CCNC(Cc1nc(C)cs1)c1cc(OC)cc(OC)c1. The molecule has 0 saturated carbocycles. The van der Waals surface area contributed by atoms with Gasteiger partial charge in [-0.2, -0.15) is 0 Å². The Morgan fingerprint density at radius 1 is 1.19 bits per heavy atom. The zero-order valence-corrected chi connectivity index (χ0v) is 13.8. The number of methoxy groups -OCH3 is 2. The van der Waals surface area contributed by atoms with Gasteiger partial charge in [-0.25, -0.2) is 4.98 Å². The summed E-state index contributed by atoms with van der Waals surface area (Å²) in [5.74, 6) is 1.62. The molecule has 1 aromatic carbocycles. The molecule has 1 aromatic heterocycles. The van der Waals surface area contributed by atoms with E-state index in [-0.39, 0.29) is 6.04 Å². The van der Waals surface area contributed by atoms with Gasteiger partial charge < -0.3 is 14.8 Å². The van der Waals surface area contributed by atoms with Crippen molar-refractivity contribution < 1.29 is 9.47 Å². The third-order valence-electron chi connectivity index (χ3n) is 3.27. The summed E-state index contributed by atoms with van der Waals surface area (Å²) in [4.78, 5) is 4.56. The molecule has 2 aromatic rings. The summed E-state index contributed by atoms with van der Waals surface area (Å²) in [7, 11) is 3.34. The Bertz CT molecular complexity index is 561. The van der Waals surface area contributed by atoms with Gasteiger partial charge in [0, 0.05) is 29.6 Å². The highest BCUT2D eigenvalue weighted by Crippen LogP contribution is 2.28. The van der Waals surface area contributed by atoms with E-state index in [0.29, 0.717) is 0 Å². The molecule has 1 atom stereocenters. The van der Waals surface area contributed by atoms with Crippen molar-refractivity contribution in [2.45, 2.75) is 26.3 Å². The first kappa shape index (κ1) is 15.8. The lowest BCUT2D eigenvalue weighted by atomic mass is 10.0. The lowest BCUT2D eigenvalue weighted by molar-refractivity contribution is 0.391. The second-order valence-electron chi connectivity index (χ2n) is 4.84. The van der Waals surface area contributed by atoms with Crippen molar-refractivity contribution in [1.29, 1.82) is 0 Å². The maximum absolute atomic E-state index is 5.36. The predicted octanol–water partition coefficient (Wildman–Crippen LogP) is 3.36. The molecule has 0 amide bonds. The Kier molecular flexibility index (Phi) is 5.59. The van der Waals surface area contributed by atoms with Gasteiger partial charge in [-0.1, -0.05) is 6.92 Å². The number of benzene rings is 1. The molecule has 1 N–H and O–H groups in total. The first-order valence-corrected chi connectivity index (χ1v) is 7.91. The Morgan fingerprint density at radius 3 is 2.33 bits per heavy atom. The first-order valence-electron chi connectivity index (χ1n) is 7.03. The van der Waals surface area contributed by atoms with E-state index in [4.69, 9.17) is 9.47 Å². The molecule has 1 heterocycles. The summed E-state index contributed by atoms with van der Waals surface area (Å²) in [5.41, 5.74) is 2.23. The molecule has 0 aliphatic rings. The van der Waals surface area contributed by atoms with Crippen LogP contribution in [0.1, 0.15) is 29.2 Å². The van der Waals surface area contributed by atoms with Gasteiger partial charge in [0.15, 0.2) is 0 Å². The Hall–Kier alpha value is -1.59.